The number of aliphatic hydroxyl groups excluding tert-OH is 1. The average Bonchev–Trinajstić information content (AvgIpc) is 3.06. The van der Waals surface area contributed by atoms with Gasteiger partial charge in [-0.05, 0) is 83.0 Å². The molecule has 3 fully saturated rings. The van der Waals surface area contributed by atoms with Gasteiger partial charge in [0.1, 0.15) is 0 Å². The van der Waals surface area contributed by atoms with Gasteiger partial charge in [-0.2, -0.15) is 0 Å². The second-order valence-corrected chi connectivity index (χ2v) is 9.11. The van der Waals surface area contributed by atoms with Crippen LogP contribution >= 0.6 is 31.9 Å². The van der Waals surface area contributed by atoms with Crippen molar-refractivity contribution in [2.45, 2.75) is 44.4 Å². The van der Waals surface area contributed by atoms with E-state index in [2.05, 4.69) is 43.2 Å². The molecule has 5 heteroatoms. The number of anilines is 1. The van der Waals surface area contributed by atoms with E-state index in [1.165, 1.54) is 19.3 Å². The summed E-state index contributed by atoms with van der Waals surface area (Å²) in [6.07, 6.45) is 4.92. The normalized spacial score (nSPS) is 39.4. The Hall–Kier alpha value is -0.100. The number of halogens is 2. The summed E-state index contributed by atoms with van der Waals surface area (Å²) in [5.74, 6) is 3.05. The maximum atomic E-state index is 10.7. The number of hydrogen-bond acceptors (Lipinski definition) is 3. The van der Waals surface area contributed by atoms with Gasteiger partial charge in [-0.15, -0.1) is 0 Å². The van der Waals surface area contributed by atoms with E-state index in [-0.39, 0.29) is 12.1 Å². The molecule has 0 radical (unpaired) electrons. The number of aliphatic hydroxyl groups is 1. The van der Waals surface area contributed by atoms with Crippen molar-refractivity contribution >= 4 is 37.5 Å². The van der Waals surface area contributed by atoms with Crippen LogP contribution in [-0.2, 0) is 6.54 Å². The zero-order chi connectivity index (χ0) is 15.4. The fourth-order valence-corrected chi connectivity index (χ4v) is 6.52. The van der Waals surface area contributed by atoms with Crippen molar-refractivity contribution in [3.05, 3.63) is 26.6 Å². The van der Waals surface area contributed by atoms with Gasteiger partial charge in [0.05, 0.1) is 11.8 Å². The van der Waals surface area contributed by atoms with Gasteiger partial charge in [0.25, 0.3) is 0 Å². The molecule has 3 aliphatic carbocycles. The van der Waals surface area contributed by atoms with Crippen molar-refractivity contribution in [3.8, 4) is 0 Å². The molecule has 4 rings (SSSR count). The van der Waals surface area contributed by atoms with Crippen molar-refractivity contribution in [1.82, 2.24) is 5.32 Å². The molecule has 4 N–H and O–H groups in total. The van der Waals surface area contributed by atoms with Crippen molar-refractivity contribution in [2.24, 2.45) is 23.7 Å². The van der Waals surface area contributed by atoms with E-state index >= 15 is 0 Å². The van der Waals surface area contributed by atoms with Crippen LogP contribution in [0.15, 0.2) is 21.1 Å². The zero-order valence-electron chi connectivity index (χ0n) is 12.4. The van der Waals surface area contributed by atoms with Crippen molar-refractivity contribution < 1.29 is 5.11 Å². The molecule has 120 valence electrons. The monoisotopic (exact) mass is 428 g/mol. The molecular formula is C17H22Br2N2O. The zero-order valence-corrected chi connectivity index (χ0v) is 15.6. The lowest BCUT2D eigenvalue weighted by Gasteiger charge is -2.43. The molecule has 1 aromatic carbocycles. The third-order valence-electron chi connectivity index (χ3n) is 6.14. The summed E-state index contributed by atoms with van der Waals surface area (Å²) in [6, 6.07) is 4.23. The molecule has 1 aromatic rings. The van der Waals surface area contributed by atoms with Crippen LogP contribution in [0.2, 0.25) is 0 Å². The Balaban J connectivity index is 1.46. The van der Waals surface area contributed by atoms with E-state index in [0.29, 0.717) is 12.5 Å². The van der Waals surface area contributed by atoms with Gasteiger partial charge in [0.15, 0.2) is 0 Å². The molecule has 0 aromatic heterocycles. The number of benzene rings is 1. The largest absolute Gasteiger partial charge is 0.398 e. The summed E-state index contributed by atoms with van der Waals surface area (Å²) < 4.78 is 1.94. The van der Waals surface area contributed by atoms with Gasteiger partial charge in [0.2, 0.25) is 0 Å². The third-order valence-corrected chi connectivity index (χ3v) is 7.26. The first-order valence-corrected chi connectivity index (χ1v) is 9.76. The molecule has 6 atom stereocenters. The first-order chi connectivity index (χ1) is 10.5. The topological polar surface area (TPSA) is 58.3 Å². The van der Waals surface area contributed by atoms with E-state index in [1.807, 2.05) is 6.07 Å². The van der Waals surface area contributed by atoms with Gasteiger partial charge in [-0.3, -0.25) is 0 Å². The predicted octanol–water partition coefficient (Wildman–Crippen LogP) is 3.68. The Bertz CT molecular complexity index is 594. The van der Waals surface area contributed by atoms with Crippen LogP contribution in [0.25, 0.3) is 0 Å². The second kappa shape index (κ2) is 5.76. The highest BCUT2D eigenvalue weighted by Crippen LogP contribution is 2.57. The lowest BCUT2D eigenvalue weighted by molar-refractivity contribution is -0.0205. The Morgan fingerprint density at radius 1 is 1.14 bits per heavy atom. The molecule has 0 saturated heterocycles. The minimum atomic E-state index is -0.191. The van der Waals surface area contributed by atoms with Gasteiger partial charge >= 0.3 is 0 Å². The van der Waals surface area contributed by atoms with Crippen LogP contribution in [0.5, 0.6) is 0 Å². The molecule has 3 saturated carbocycles. The van der Waals surface area contributed by atoms with E-state index in [1.54, 1.807) is 0 Å². The number of fused-ring (bicyclic) bond motifs is 1. The van der Waals surface area contributed by atoms with E-state index < -0.39 is 0 Å². The van der Waals surface area contributed by atoms with Gasteiger partial charge < -0.3 is 16.2 Å². The van der Waals surface area contributed by atoms with Crippen molar-refractivity contribution in [3.63, 3.8) is 0 Å². The minimum absolute atomic E-state index is 0.191. The Morgan fingerprint density at radius 2 is 1.91 bits per heavy atom. The minimum Gasteiger partial charge on any atom is -0.398 e. The molecule has 2 bridgehead atoms. The fourth-order valence-electron chi connectivity index (χ4n) is 5.21. The maximum absolute atomic E-state index is 10.7. The summed E-state index contributed by atoms with van der Waals surface area (Å²) in [5.41, 5.74) is 8.01. The summed E-state index contributed by atoms with van der Waals surface area (Å²) >= 11 is 7.01. The fraction of sp³-hybridized carbons (Fsp3) is 0.647. The lowest BCUT2D eigenvalue weighted by atomic mass is 9.67. The van der Waals surface area contributed by atoms with Gasteiger partial charge in [-0.25, -0.2) is 0 Å². The number of hydrogen-bond donors (Lipinski definition) is 3. The molecule has 3 nitrogen and oxygen atoms in total. The summed E-state index contributed by atoms with van der Waals surface area (Å²) in [6.45, 7) is 0.707. The molecule has 0 amide bonds. The Kier molecular flexibility index (Phi) is 4.04. The van der Waals surface area contributed by atoms with E-state index in [0.717, 1.165) is 44.4 Å². The number of nitrogens with one attached hydrogen (secondary N) is 1. The highest BCUT2D eigenvalue weighted by atomic mass is 79.9. The van der Waals surface area contributed by atoms with Crippen LogP contribution in [0, 0.1) is 23.7 Å². The Labute approximate surface area is 148 Å². The van der Waals surface area contributed by atoms with E-state index in [4.69, 9.17) is 5.73 Å². The summed E-state index contributed by atoms with van der Waals surface area (Å²) in [5, 5.41) is 14.3. The first kappa shape index (κ1) is 15.4. The van der Waals surface area contributed by atoms with Crippen molar-refractivity contribution in [1.29, 1.82) is 0 Å². The second-order valence-electron chi connectivity index (χ2n) is 7.34. The number of nitrogens with two attached hydrogens (primary N) is 1. The smallest absolute Gasteiger partial charge is 0.0724 e. The van der Waals surface area contributed by atoms with Gasteiger partial charge in [0, 0.05) is 21.5 Å². The van der Waals surface area contributed by atoms with Gasteiger partial charge in [-0.1, -0.05) is 15.9 Å². The third kappa shape index (κ3) is 2.54. The number of rotatable bonds is 3. The summed E-state index contributed by atoms with van der Waals surface area (Å²) in [7, 11) is 0. The standard InChI is InChI=1S/C17H22Br2N2O/c18-11-4-10(16(20)14(19)6-11)7-21-15-5-9-1-8-2-12(9)13(3-8)17(15)22/h4,6,8-9,12-13,15,17,21-22H,1-3,5,7,20H2. The van der Waals surface area contributed by atoms with Crippen LogP contribution in [-0.4, -0.2) is 17.3 Å². The molecule has 22 heavy (non-hydrogen) atoms. The number of nitrogen functional groups attached to an aromatic ring is 1. The summed E-state index contributed by atoms with van der Waals surface area (Å²) in [4.78, 5) is 0. The highest BCUT2D eigenvalue weighted by Gasteiger charge is 2.53. The van der Waals surface area contributed by atoms with Crippen LogP contribution in [0.4, 0.5) is 5.69 Å². The molecule has 0 heterocycles. The maximum Gasteiger partial charge on any atom is 0.0724 e. The quantitative estimate of drug-likeness (QED) is 0.642. The molecule has 0 aliphatic heterocycles. The molecular weight excluding hydrogens is 408 g/mol. The molecule has 6 unspecified atom stereocenters. The van der Waals surface area contributed by atoms with Crippen LogP contribution in [0.3, 0.4) is 0 Å². The lowest BCUT2D eigenvalue weighted by Crippen LogP contribution is -2.51. The Morgan fingerprint density at radius 3 is 2.68 bits per heavy atom. The average molecular weight is 430 g/mol. The highest BCUT2D eigenvalue weighted by molar-refractivity contribution is 9.11. The van der Waals surface area contributed by atoms with Crippen molar-refractivity contribution in [2.75, 3.05) is 5.73 Å². The molecule has 3 aliphatic rings. The van der Waals surface area contributed by atoms with E-state index in [9.17, 15) is 5.11 Å². The first-order valence-electron chi connectivity index (χ1n) is 8.17. The predicted molar refractivity (Wildman–Crippen MR) is 95.3 cm³/mol. The van der Waals surface area contributed by atoms with Crippen LogP contribution < -0.4 is 11.1 Å². The SMILES string of the molecule is Nc1c(Br)cc(Br)cc1CNC1CC2CC3CC2C(C3)C1O. The van der Waals surface area contributed by atoms with Crippen LogP contribution in [0.1, 0.15) is 31.2 Å². The molecule has 0 spiro atoms.